The fourth-order valence-electron chi connectivity index (χ4n) is 1.27. The van der Waals surface area contributed by atoms with E-state index in [9.17, 15) is 0 Å². The number of hydrogen-bond donors (Lipinski definition) is 0. The van der Waals surface area contributed by atoms with Gasteiger partial charge in [-0.05, 0) is 49.9 Å². The minimum Gasteiger partial charge on any atom is -0.0837 e. The van der Waals surface area contributed by atoms with E-state index in [1.807, 2.05) is 27.7 Å². The monoisotopic (exact) mass is 202 g/mol. The molecule has 0 spiro atoms. The zero-order valence-corrected chi connectivity index (χ0v) is 9.27. The highest BCUT2D eigenvalue weighted by molar-refractivity contribution is 6.37. The zero-order valence-electron chi connectivity index (χ0n) is 7.76. The summed E-state index contributed by atoms with van der Waals surface area (Å²) in [7, 11) is 0. The predicted octanol–water partition coefficient (Wildman–Crippen LogP) is 4.23. The van der Waals surface area contributed by atoms with E-state index in [2.05, 4.69) is 0 Å². The van der Waals surface area contributed by atoms with Crippen LogP contribution in [0.2, 0.25) is 10.0 Å². The maximum atomic E-state index is 6.08. The van der Waals surface area contributed by atoms with Crippen molar-refractivity contribution < 1.29 is 0 Å². The molecule has 0 atom stereocenters. The van der Waals surface area contributed by atoms with Crippen LogP contribution in [-0.2, 0) is 0 Å². The van der Waals surface area contributed by atoms with E-state index in [0.717, 1.165) is 26.7 Å². The molecule has 0 fully saturated rings. The van der Waals surface area contributed by atoms with Crippen LogP contribution in [0, 0.1) is 27.7 Å². The number of halogens is 2. The Bertz CT molecular complexity index is 222. The first-order chi connectivity index (χ1) is 5.46. The van der Waals surface area contributed by atoms with Crippen molar-refractivity contribution in [2.75, 3.05) is 0 Å². The molecule has 12 heavy (non-hydrogen) atoms. The molecule has 66 valence electrons. The molecule has 0 aliphatic heterocycles. The second kappa shape index (κ2) is 3.27. The third-order valence-electron chi connectivity index (χ3n) is 2.44. The molecule has 0 bridgehead atoms. The molecule has 0 saturated heterocycles. The van der Waals surface area contributed by atoms with Crippen molar-refractivity contribution in [3.63, 3.8) is 0 Å². The van der Waals surface area contributed by atoms with Gasteiger partial charge in [-0.25, -0.2) is 0 Å². The molecule has 0 aromatic heterocycles. The first-order valence-corrected chi connectivity index (χ1v) is 4.63. The Kier molecular flexibility index (Phi) is 2.70. The highest BCUT2D eigenvalue weighted by atomic mass is 35.5. The predicted molar refractivity (Wildman–Crippen MR) is 55.4 cm³/mol. The molecular formula is C10H12Cl2. The van der Waals surface area contributed by atoms with E-state index in [0.29, 0.717) is 0 Å². The molecule has 0 N–H and O–H groups in total. The molecule has 0 heterocycles. The van der Waals surface area contributed by atoms with Crippen molar-refractivity contribution >= 4 is 23.2 Å². The molecule has 1 aromatic rings. The minimum atomic E-state index is 0.795. The van der Waals surface area contributed by atoms with Gasteiger partial charge >= 0.3 is 0 Å². The Morgan fingerprint density at radius 3 is 1.25 bits per heavy atom. The lowest BCUT2D eigenvalue weighted by Gasteiger charge is -2.12. The number of benzene rings is 1. The van der Waals surface area contributed by atoms with Crippen LogP contribution in [0.25, 0.3) is 0 Å². The van der Waals surface area contributed by atoms with Gasteiger partial charge in [0.05, 0.1) is 0 Å². The summed E-state index contributed by atoms with van der Waals surface area (Å²) in [5.74, 6) is 0. The van der Waals surface area contributed by atoms with Crippen molar-refractivity contribution in [1.29, 1.82) is 0 Å². The zero-order chi connectivity index (χ0) is 9.46. The SMILES string of the molecule is Cc1c(C)c(Cl)c(C)c(Cl)c1C. The van der Waals surface area contributed by atoms with Gasteiger partial charge in [0.15, 0.2) is 0 Å². The average molecular weight is 203 g/mol. The summed E-state index contributed by atoms with van der Waals surface area (Å²) in [5.41, 5.74) is 4.45. The lowest BCUT2D eigenvalue weighted by Crippen LogP contribution is -1.92. The quantitative estimate of drug-likeness (QED) is 0.591. The van der Waals surface area contributed by atoms with Gasteiger partial charge in [0.2, 0.25) is 0 Å². The molecule has 0 saturated carbocycles. The Hall–Kier alpha value is -0.200. The highest BCUT2D eigenvalue weighted by Gasteiger charge is 2.10. The molecule has 0 nitrogen and oxygen atoms in total. The van der Waals surface area contributed by atoms with E-state index in [1.165, 1.54) is 5.56 Å². The average Bonchev–Trinajstić information content (AvgIpc) is 2.08. The first-order valence-electron chi connectivity index (χ1n) is 3.88. The minimum absolute atomic E-state index is 0.795. The Balaban J connectivity index is 3.60. The van der Waals surface area contributed by atoms with Crippen LogP contribution < -0.4 is 0 Å². The fourth-order valence-corrected chi connectivity index (χ4v) is 1.79. The Morgan fingerprint density at radius 1 is 0.583 bits per heavy atom. The molecule has 0 unspecified atom stereocenters. The molecular weight excluding hydrogens is 191 g/mol. The van der Waals surface area contributed by atoms with E-state index in [4.69, 9.17) is 23.2 Å². The lowest BCUT2D eigenvalue weighted by molar-refractivity contribution is 1.23. The van der Waals surface area contributed by atoms with Crippen LogP contribution in [0.15, 0.2) is 0 Å². The van der Waals surface area contributed by atoms with Crippen molar-refractivity contribution in [3.8, 4) is 0 Å². The van der Waals surface area contributed by atoms with Crippen molar-refractivity contribution in [2.24, 2.45) is 0 Å². The van der Waals surface area contributed by atoms with E-state index in [-0.39, 0.29) is 0 Å². The molecule has 0 aliphatic carbocycles. The third kappa shape index (κ3) is 1.34. The maximum Gasteiger partial charge on any atom is 0.0482 e. The van der Waals surface area contributed by atoms with Gasteiger partial charge in [0.25, 0.3) is 0 Å². The molecule has 0 radical (unpaired) electrons. The van der Waals surface area contributed by atoms with Gasteiger partial charge in [0.1, 0.15) is 0 Å². The second-order valence-electron chi connectivity index (χ2n) is 3.13. The van der Waals surface area contributed by atoms with Gasteiger partial charge < -0.3 is 0 Å². The summed E-state index contributed by atoms with van der Waals surface area (Å²) in [6, 6.07) is 0. The van der Waals surface area contributed by atoms with Crippen molar-refractivity contribution in [3.05, 3.63) is 32.3 Å². The third-order valence-corrected chi connectivity index (χ3v) is 3.58. The summed E-state index contributed by atoms with van der Waals surface area (Å²) in [6.07, 6.45) is 0. The van der Waals surface area contributed by atoms with E-state index in [1.54, 1.807) is 0 Å². The normalized spacial score (nSPS) is 10.5. The van der Waals surface area contributed by atoms with Crippen molar-refractivity contribution in [1.82, 2.24) is 0 Å². The van der Waals surface area contributed by atoms with Crippen LogP contribution in [0.1, 0.15) is 22.3 Å². The van der Waals surface area contributed by atoms with Crippen LogP contribution in [0.3, 0.4) is 0 Å². The largest absolute Gasteiger partial charge is 0.0837 e. The van der Waals surface area contributed by atoms with Gasteiger partial charge in [-0.1, -0.05) is 23.2 Å². The lowest BCUT2D eigenvalue weighted by atomic mass is 10.0. The first kappa shape index (κ1) is 9.88. The van der Waals surface area contributed by atoms with Crippen LogP contribution >= 0.6 is 23.2 Å². The number of hydrogen-bond acceptors (Lipinski definition) is 0. The molecule has 1 aromatic carbocycles. The van der Waals surface area contributed by atoms with Crippen LogP contribution in [0.4, 0.5) is 0 Å². The summed E-state index contributed by atoms with van der Waals surface area (Å²) in [5, 5.41) is 1.59. The molecule has 0 amide bonds. The smallest absolute Gasteiger partial charge is 0.0482 e. The summed E-state index contributed by atoms with van der Waals surface area (Å²) in [4.78, 5) is 0. The van der Waals surface area contributed by atoms with Gasteiger partial charge in [-0.2, -0.15) is 0 Å². The van der Waals surface area contributed by atoms with Gasteiger partial charge in [0, 0.05) is 10.0 Å². The maximum absolute atomic E-state index is 6.08. The molecule has 0 aliphatic rings. The summed E-state index contributed by atoms with van der Waals surface area (Å²) >= 11 is 12.2. The standard InChI is InChI=1S/C10H12Cl2/c1-5-6(2)9(11)8(4)10(12)7(5)3/h1-4H3. The van der Waals surface area contributed by atoms with E-state index >= 15 is 0 Å². The van der Waals surface area contributed by atoms with Crippen LogP contribution in [0.5, 0.6) is 0 Å². The van der Waals surface area contributed by atoms with Gasteiger partial charge in [-0.3, -0.25) is 0 Å². The highest BCUT2D eigenvalue weighted by Crippen LogP contribution is 2.33. The van der Waals surface area contributed by atoms with E-state index < -0.39 is 0 Å². The van der Waals surface area contributed by atoms with Gasteiger partial charge in [-0.15, -0.1) is 0 Å². The summed E-state index contributed by atoms with van der Waals surface area (Å²) in [6.45, 7) is 8.04. The topological polar surface area (TPSA) is 0 Å². The molecule has 1 rings (SSSR count). The second-order valence-corrected chi connectivity index (χ2v) is 3.88. The Labute approximate surface area is 83.5 Å². The van der Waals surface area contributed by atoms with Crippen LogP contribution in [-0.4, -0.2) is 0 Å². The fraction of sp³-hybridized carbons (Fsp3) is 0.400. The number of rotatable bonds is 0. The Morgan fingerprint density at radius 2 is 0.917 bits per heavy atom. The van der Waals surface area contributed by atoms with Crippen molar-refractivity contribution in [2.45, 2.75) is 27.7 Å². The summed E-state index contributed by atoms with van der Waals surface area (Å²) < 4.78 is 0. The molecule has 2 heteroatoms.